The molecule has 2 N–H and O–H groups in total. The number of phenolic OH excluding ortho intramolecular Hbond substituents is 1. The van der Waals surface area contributed by atoms with Crippen molar-refractivity contribution in [1.29, 1.82) is 0 Å². The minimum absolute atomic E-state index is 0.136. The van der Waals surface area contributed by atoms with Crippen molar-refractivity contribution in [3.63, 3.8) is 0 Å². The van der Waals surface area contributed by atoms with Gasteiger partial charge in [-0.1, -0.05) is 0 Å². The van der Waals surface area contributed by atoms with Crippen LogP contribution in [0.4, 0.5) is 5.69 Å². The molecule has 0 fully saturated rings. The summed E-state index contributed by atoms with van der Waals surface area (Å²) < 4.78 is 4.84. The molecule has 0 heterocycles. The quantitative estimate of drug-likeness (QED) is 0.643. The van der Waals surface area contributed by atoms with E-state index in [4.69, 9.17) is 0 Å². The number of hydrogen-bond acceptors (Lipinski definition) is 4. The number of aromatic hydroxyl groups is 1. The predicted octanol–water partition coefficient (Wildman–Crippen LogP) is 1.90. The Balaban J connectivity index is 3.21. The first-order valence-electron chi connectivity index (χ1n) is 4.34. The number of esters is 1. The largest absolute Gasteiger partial charge is 0.505 e. The van der Waals surface area contributed by atoms with Crippen molar-refractivity contribution in [2.45, 2.75) is 6.92 Å². The average molecular weight is 288 g/mol. The summed E-state index contributed by atoms with van der Waals surface area (Å²) >= 11 is 3.08. The van der Waals surface area contributed by atoms with Crippen LogP contribution in [0.1, 0.15) is 17.3 Å². The molecular formula is C10H10BrNO4. The lowest BCUT2D eigenvalue weighted by Crippen LogP contribution is -2.08. The number of halogens is 1. The molecule has 0 atom stereocenters. The Kier molecular flexibility index (Phi) is 3.89. The number of methoxy groups -OCH3 is 1. The van der Waals surface area contributed by atoms with Gasteiger partial charge in [0.25, 0.3) is 0 Å². The fourth-order valence-electron chi connectivity index (χ4n) is 1.12. The third-order valence-electron chi connectivity index (χ3n) is 1.80. The van der Waals surface area contributed by atoms with Crippen LogP contribution >= 0.6 is 15.9 Å². The smallest absolute Gasteiger partial charge is 0.337 e. The number of benzene rings is 1. The Labute approximate surface area is 101 Å². The topological polar surface area (TPSA) is 75.6 Å². The third kappa shape index (κ3) is 2.73. The van der Waals surface area contributed by atoms with E-state index in [0.717, 1.165) is 0 Å². The van der Waals surface area contributed by atoms with Gasteiger partial charge in [0.2, 0.25) is 5.91 Å². The van der Waals surface area contributed by atoms with Crippen molar-refractivity contribution in [1.82, 2.24) is 0 Å². The summed E-state index contributed by atoms with van der Waals surface area (Å²) in [5.74, 6) is -1.03. The average Bonchev–Trinajstić information content (AvgIpc) is 2.22. The lowest BCUT2D eigenvalue weighted by Gasteiger charge is -2.09. The van der Waals surface area contributed by atoms with Crippen LogP contribution in [-0.4, -0.2) is 24.1 Å². The summed E-state index contributed by atoms with van der Waals surface area (Å²) in [5.41, 5.74) is 0.387. The molecule has 1 aromatic carbocycles. The van der Waals surface area contributed by atoms with E-state index in [1.54, 1.807) is 0 Å². The maximum absolute atomic E-state index is 11.3. The number of carbonyl (C=O) groups excluding carboxylic acids is 2. The van der Waals surface area contributed by atoms with E-state index in [2.05, 4.69) is 26.0 Å². The monoisotopic (exact) mass is 287 g/mol. The number of amides is 1. The number of phenols is 1. The molecule has 6 heteroatoms. The first-order valence-corrected chi connectivity index (χ1v) is 5.13. The van der Waals surface area contributed by atoms with Gasteiger partial charge in [0.15, 0.2) is 5.75 Å². The number of rotatable bonds is 2. The van der Waals surface area contributed by atoms with Gasteiger partial charge in [-0.3, -0.25) is 4.79 Å². The van der Waals surface area contributed by atoms with Gasteiger partial charge in [-0.15, -0.1) is 0 Å². The van der Waals surface area contributed by atoms with E-state index in [9.17, 15) is 14.7 Å². The van der Waals surface area contributed by atoms with Crippen LogP contribution in [-0.2, 0) is 9.53 Å². The van der Waals surface area contributed by atoms with Crippen molar-refractivity contribution < 1.29 is 19.4 Å². The zero-order valence-electron chi connectivity index (χ0n) is 8.70. The number of anilines is 1. The Hall–Kier alpha value is -1.56. The highest BCUT2D eigenvalue weighted by Gasteiger charge is 2.13. The van der Waals surface area contributed by atoms with Crippen molar-refractivity contribution in [3.8, 4) is 5.75 Å². The molecule has 0 aliphatic carbocycles. The lowest BCUT2D eigenvalue weighted by atomic mass is 10.2. The van der Waals surface area contributed by atoms with E-state index in [1.807, 2.05) is 0 Å². The summed E-state index contributed by atoms with van der Waals surface area (Å²) in [6, 6.07) is 2.75. The Morgan fingerprint density at radius 2 is 2.06 bits per heavy atom. The SMILES string of the molecule is COC(=O)c1cc(Br)c(O)c(NC(C)=O)c1. The molecule has 86 valence electrons. The maximum Gasteiger partial charge on any atom is 0.337 e. The Bertz CT molecular complexity index is 445. The first-order chi connectivity index (χ1) is 7.45. The first kappa shape index (κ1) is 12.5. The van der Waals surface area contributed by atoms with E-state index < -0.39 is 5.97 Å². The van der Waals surface area contributed by atoms with Crippen molar-refractivity contribution in [3.05, 3.63) is 22.2 Å². The van der Waals surface area contributed by atoms with Crippen LogP contribution in [0, 0.1) is 0 Å². The second-order valence-corrected chi connectivity index (χ2v) is 3.88. The molecular weight excluding hydrogens is 278 g/mol. The highest BCUT2D eigenvalue weighted by Crippen LogP contribution is 2.33. The minimum atomic E-state index is -0.549. The van der Waals surface area contributed by atoms with Crippen LogP contribution in [0.15, 0.2) is 16.6 Å². The molecule has 0 unspecified atom stereocenters. The Morgan fingerprint density at radius 1 is 1.44 bits per heavy atom. The van der Waals surface area contributed by atoms with Gasteiger partial charge in [0.1, 0.15) is 0 Å². The molecule has 0 aromatic heterocycles. The molecule has 1 aromatic rings. The van der Waals surface area contributed by atoms with E-state index >= 15 is 0 Å². The molecule has 5 nitrogen and oxygen atoms in total. The van der Waals surface area contributed by atoms with Crippen molar-refractivity contribution >= 4 is 33.5 Å². The zero-order chi connectivity index (χ0) is 12.3. The zero-order valence-corrected chi connectivity index (χ0v) is 10.3. The predicted molar refractivity (Wildman–Crippen MR) is 61.5 cm³/mol. The maximum atomic E-state index is 11.3. The molecule has 0 saturated carbocycles. The summed E-state index contributed by atoms with van der Waals surface area (Å²) in [7, 11) is 1.25. The number of carbonyl (C=O) groups is 2. The van der Waals surface area contributed by atoms with Crippen molar-refractivity contribution in [2.24, 2.45) is 0 Å². The van der Waals surface area contributed by atoms with Gasteiger partial charge in [0.05, 0.1) is 22.8 Å². The minimum Gasteiger partial charge on any atom is -0.505 e. The van der Waals surface area contributed by atoms with Crippen LogP contribution < -0.4 is 5.32 Å². The van der Waals surface area contributed by atoms with E-state index in [1.165, 1.54) is 26.2 Å². The number of hydrogen-bond donors (Lipinski definition) is 2. The van der Waals surface area contributed by atoms with Gasteiger partial charge in [-0.25, -0.2) is 4.79 Å². The summed E-state index contributed by atoms with van der Waals surface area (Å²) in [6.07, 6.45) is 0. The van der Waals surface area contributed by atoms with Crippen molar-refractivity contribution in [2.75, 3.05) is 12.4 Å². The summed E-state index contributed by atoms with van der Waals surface area (Å²) in [5, 5.41) is 12.0. The molecule has 0 aliphatic heterocycles. The van der Waals surface area contributed by atoms with Gasteiger partial charge in [-0.05, 0) is 28.1 Å². The summed E-state index contributed by atoms with van der Waals surface area (Å²) in [6.45, 7) is 1.30. The highest BCUT2D eigenvalue weighted by atomic mass is 79.9. The second kappa shape index (κ2) is 4.98. The molecule has 0 aliphatic rings. The molecule has 16 heavy (non-hydrogen) atoms. The molecule has 1 amide bonds. The normalized spacial score (nSPS) is 9.69. The van der Waals surface area contributed by atoms with E-state index in [-0.39, 0.29) is 22.9 Å². The number of nitrogens with one attached hydrogen (secondary N) is 1. The van der Waals surface area contributed by atoms with Crippen LogP contribution in [0.3, 0.4) is 0 Å². The fourth-order valence-corrected chi connectivity index (χ4v) is 1.58. The molecule has 0 bridgehead atoms. The van der Waals surface area contributed by atoms with Crippen LogP contribution in [0.25, 0.3) is 0 Å². The van der Waals surface area contributed by atoms with Gasteiger partial charge in [0, 0.05) is 6.92 Å². The van der Waals surface area contributed by atoms with Crippen LogP contribution in [0.2, 0.25) is 0 Å². The van der Waals surface area contributed by atoms with Crippen LogP contribution in [0.5, 0.6) is 5.75 Å². The second-order valence-electron chi connectivity index (χ2n) is 3.03. The molecule has 0 saturated heterocycles. The standard InChI is InChI=1S/C10H10BrNO4/c1-5(13)12-8-4-6(10(15)16-2)3-7(11)9(8)14/h3-4,14H,1-2H3,(H,12,13). The molecule has 1 rings (SSSR count). The number of ether oxygens (including phenoxy) is 1. The van der Waals surface area contributed by atoms with E-state index in [0.29, 0.717) is 4.47 Å². The van der Waals surface area contributed by atoms with Gasteiger partial charge in [-0.2, -0.15) is 0 Å². The summed E-state index contributed by atoms with van der Waals surface area (Å²) in [4.78, 5) is 22.2. The van der Waals surface area contributed by atoms with Gasteiger partial charge < -0.3 is 15.2 Å². The lowest BCUT2D eigenvalue weighted by molar-refractivity contribution is -0.114. The fraction of sp³-hybridized carbons (Fsp3) is 0.200. The molecule has 0 spiro atoms. The van der Waals surface area contributed by atoms with Gasteiger partial charge >= 0.3 is 5.97 Å². The highest BCUT2D eigenvalue weighted by molar-refractivity contribution is 9.10. The molecule has 0 radical (unpaired) electrons. The Morgan fingerprint density at radius 3 is 2.56 bits per heavy atom. The third-order valence-corrected chi connectivity index (χ3v) is 2.40.